The smallest absolute Gasteiger partial charge is 0.234 e. The molecule has 2 atom stereocenters. The molecule has 1 heterocycles. The van der Waals surface area contributed by atoms with E-state index >= 15 is 0 Å². The summed E-state index contributed by atoms with van der Waals surface area (Å²) in [6.45, 7) is 2.44. The van der Waals surface area contributed by atoms with E-state index in [-0.39, 0.29) is 11.9 Å². The van der Waals surface area contributed by atoms with Gasteiger partial charge in [0.15, 0.2) is 0 Å². The highest BCUT2D eigenvalue weighted by Crippen LogP contribution is 2.32. The van der Waals surface area contributed by atoms with Crippen LogP contribution in [0.4, 0.5) is 0 Å². The highest BCUT2D eigenvalue weighted by molar-refractivity contribution is 7.10. The standard InChI is InChI=1S/C18H22N2OS/c1-13(14-9-10-14)20-17(21)12-19-18(16-8-5-11-22-16)15-6-3-2-4-7-15/h2-8,11,13-14,18-19H,9-10,12H2,1H3,(H,20,21)/t13-,18-/m0/s1. The molecule has 116 valence electrons. The fourth-order valence-electron chi connectivity index (χ4n) is 2.70. The Hall–Kier alpha value is -1.65. The van der Waals surface area contributed by atoms with Gasteiger partial charge in [-0.05, 0) is 42.7 Å². The van der Waals surface area contributed by atoms with Gasteiger partial charge >= 0.3 is 0 Å². The molecular weight excluding hydrogens is 292 g/mol. The molecule has 0 bridgehead atoms. The molecule has 0 unspecified atom stereocenters. The molecule has 4 heteroatoms. The van der Waals surface area contributed by atoms with Gasteiger partial charge in [-0.25, -0.2) is 0 Å². The zero-order chi connectivity index (χ0) is 15.4. The van der Waals surface area contributed by atoms with Gasteiger partial charge in [-0.2, -0.15) is 0 Å². The average molecular weight is 314 g/mol. The van der Waals surface area contributed by atoms with Crippen molar-refractivity contribution in [2.24, 2.45) is 5.92 Å². The van der Waals surface area contributed by atoms with Gasteiger partial charge in [-0.1, -0.05) is 36.4 Å². The lowest BCUT2D eigenvalue weighted by atomic mass is 10.1. The van der Waals surface area contributed by atoms with Crippen molar-refractivity contribution in [1.82, 2.24) is 10.6 Å². The molecule has 1 aromatic carbocycles. The van der Waals surface area contributed by atoms with Crippen molar-refractivity contribution in [3.05, 3.63) is 58.3 Å². The predicted octanol–water partition coefficient (Wildman–Crippen LogP) is 3.34. The van der Waals surface area contributed by atoms with Crippen molar-refractivity contribution in [3.63, 3.8) is 0 Å². The van der Waals surface area contributed by atoms with Crippen LogP contribution in [0.25, 0.3) is 0 Å². The van der Waals surface area contributed by atoms with Gasteiger partial charge in [-0.15, -0.1) is 11.3 Å². The van der Waals surface area contributed by atoms with Crippen molar-refractivity contribution in [3.8, 4) is 0 Å². The second-order valence-electron chi connectivity index (χ2n) is 5.93. The zero-order valence-electron chi connectivity index (χ0n) is 12.8. The second kappa shape index (κ2) is 7.07. The number of hydrogen-bond acceptors (Lipinski definition) is 3. The summed E-state index contributed by atoms with van der Waals surface area (Å²) < 4.78 is 0. The summed E-state index contributed by atoms with van der Waals surface area (Å²) in [5.41, 5.74) is 1.19. The number of carbonyl (C=O) groups excluding carboxylic acids is 1. The van der Waals surface area contributed by atoms with Crippen molar-refractivity contribution in [2.45, 2.75) is 31.8 Å². The molecule has 3 rings (SSSR count). The van der Waals surface area contributed by atoms with E-state index in [0.717, 1.165) is 0 Å². The third-order valence-corrected chi connectivity index (χ3v) is 5.08. The summed E-state index contributed by atoms with van der Waals surface area (Å²) in [6.07, 6.45) is 2.49. The van der Waals surface area contributed by atoms with E-state index in [2.05, 4.69) is 41.1 Å². The molecule has 1 amide bonds. The van der Waals surface area contributed by atoms with E-state index in [9.17, 15) is 4.79 Å². The molecule has 3 nitrogen and oxygen atoms in total. The maximum absolute atomic E-state index is 12.1. The van der Waals surface area contributed by atoms with Crippen LogP contribution >= 0.6 is 11.3 Å². The Morgan fingerprint density at radius 1 is 1.23 bits per heavy atom. The first kappa shape index (κ1) is 15.3. The minimum Gasteiger partial charge on any atom is -0.352 e. The molecule has 1 saturated carbocycles. The van der Waals surface area contributed by atoms with Crippen LogP contribution in [0.3, 0.4) is 0 Å². The Bertz CT molecular complexity index is 593. The number of amides is 1. The minimum absolute atomic E-state index is 0.0724. The summed E-state index contributed by atoms with van der Waals surface area (Å²) in [5, 5.41) is 8.57. The average Bonchev–Trinajstić information content (AvgIpc) is 3.25. The van der Waals surface area contributed by atoms with Crippen molar-refractivity contribution in [2.75, 3.05) is 6.54 Å². The zero-order valence-corrected chi connectivity index (χ0v) is 13.6. The van der Waals surface area contributed by atoms with E-state index in [1.54, 1.807) is 11.3 Å². The van der Waals surface area contributed by atoms with Crippen LogP contribution in [0.1, 0.15) is 36.2 Å². The lowest BCUT2D eigenvalue weighted by Crippen LogP contribution is -2.41. The first-order chi connectivity index (χ1) is 10.7. The van der Waals surface area contributed by atoms with Crippen LogP contribution < -0.4 is 10.6 Å². The maximum atomic E-state index is 12.1. The molecule has 0 radical (unpaired) electrons. The number of rotatable bonds is 7. The molecule has 1 aliphatic rings. The molecule has 1 fully saturated rings. The van der Waals surface area contributed by atoms with E-state index in [0.29, 0.717) is 18.5 Å². The molecular formula is C18H22N2OS. The van der Waals surface area contributed by atoms with E-state index in [1.807, 2.05) is 24.3 Å². The lowest BCUT2D eigenvalue weighted by Gasteiger charge is -2.19. The molecule has 0 saturated heterocycles. The molecule has 2 N–H and O–H groups in total. The fourth-order valence-corrected chi connectivity index (χ4v) is 3.52. The van der Waals surface area contributed by atoms with Crippen LogP contribution in [-0.2, 0) is 4.79 Å². The molecule has 1 aliphatic carbocycles. The third kappa shape index (κ3) is 3.96. The van der Waals surface area contributed by atoms with Gasteiger partial charge in [-0.3, -0.25) is 10.1 Å². The van der Waals surface area contributed by atoms with E-state index in [1.165, 1.54) is 23.3 Å². The third-order valence-electron chi connectivity index (χ3n) is 4.15. The van der Waals surface area contributed by atoms with Gasteiger partial charge in [0.1, 0.15) is 0 Å². The normalized spacial score (nSPS) is 17.0. The quantitative estimate of drug-likeness (QED) is 0.823. The highest BCUT2D eigenvalue weighted by atomic mass is 32.1. The first-order valence-electron chi connectivity index (χ1n) is 7.85. The summed E-state index contributed by atoms with van der Waals surface area (Å²) >= 11 is 1.71. The van der Waals surface area contributed by atoms with E-state index < -0.39 is 0 Å². The van der Waals surface area contributed by atoms with Gasteiger partial charge in [0.2, 0.25) is 5.91 Å². The summed E-state index contributed by atoms with van der Waals surface area (Å²) in [4.78, 5) is 13.4. The molecule has 22 heavy (non-hydrogen) atoms. The Labute approximate surface area is 135 Å². The van der Waals surface area contributed by atoms with Crippen molar-refractivity contribution < 1.29 is 4.79 Å². The van der Waals surface area contributed by atoms with Gasteiger partial charge in [0.25, 0.3) is 0 Å². The maximum Gasteiger partial charge on any atom is 0.234 e. The monoisotopic (exact) mass is 314 g/mol. The predicted molar refractivity (Wildman–Crippen MR) is 90.9 cm³/mol. The van der Waals surface area contributed by atoms with E-state index in [4.69, 9.17) is 0 Å². The number of benzene rings is 1. The van der Waals surface area contributed by atoms with Gasteiger partial charge < -0.3 is 5.32 Å². The summed E-state index contributed by atoms with van der Waals surface area (Å²) in [7, 11) is 0. The Kier molecular flexibility index (Phi) is 4.90. The number of nitrogens with one attached hydrogen (secondary N) is 2. The largest absolute Gasteiger partial charge is 0.352 e. The lowest BCUT2D eigenvalue weighted by molar-refractivity contribution is -0.121. The number of hydrogen-bond donors (Lipinski definition) is 2. The van der Waals surface area contributed by atoms with Crippen LogP contribution in [0.15, 0.2) is 47.8 Å². The van der Waals surface area contributed by atoms with Gasteiger partial charge in [0.05, 0.1) is 12.6 Å². The van der Waals surface area contributed by atoms with Crippen LogP contribution in [-0.4, -0.2) is 18.5 Å². The molecule has 0 spiro atoms. The topological polar surface area (TPSA) is 41.1 Å². The summed E-state index contributed by atoms with van der Waals surface area (Å²) in [6, 6.07) is 14.8. The minimum atomic E-state index is 0.0724. The van der Waals surface area contributed by atoms with Crippen molar-refractivity contribution in [1.29, 1.82) is 0 Å². The number of thiophene rings is 1. The van der Waals surface area contributed by atoms with Crippen LogP contribution in [0.2, 0.25) is 0 Å². The van der Waals surface area contributed by atoms with Gasteiger partial charge in [0, 0.05) is 10.9 Å². The molecule has 1 aromatic heterocycles. The highest BCUT2D eigenvalue weighted by Gasteiger charge is 2.28. The Balaban J connectivity index is 1.62. The Morgan fingerprint density at radius 3 is 2.64 bits per heavy atom. The second-order valence-corrected chi connectivity index (χ2v) is 6.91. The Morgan fingerprint density at radius 2 is 2.00 bits per heavy atom. The summed E-state index contributed by atoms with van der Waals surface area (Å²) in [5.74, 6) is 0.767. The van der Waals surface area contributed by atoms with Crippen LogP contribution in [0, 0.1) is 5.92 Å². The van der Waals surface area contributed by atoms with Crippen LogP contribution in [0.5, 0.6) is 0 Å². The molecule has 0 aliphatic heterocycles. The van der Waals surface area contributed by atoms with Crippen molar-refractivity contribution >= 4 is 17.2 Å². The SMILES string of the molecule is C[C@H](NC(=O)CN[C@@H](c1ccccc1)c1cccs1)C1CC1. The number of carbonyl (C=O) groups is 1. The molecule has 2 aromatic rings. The first-order valence-corrected chi connectivity index (χ1v) is 8.73. The fraction of sp³-hybridized carbons (Fsp3) is 0.389.